The maximum atomic E-state index is 3.78. The van der Waals surface area contributed by atoms with Crippen LogP contribution in [0.4, 0.5) is 0 Å². The third-order valence-electron chi connectivity index (χ3n) is 2.24. The van der Waals surface area contributed by atoms with Gasteiger partial charge in [0, 0.05) is 20.0 Å². The van der Waals surface area contributed by atoms with Crippen molar-refractivity contribution >= 4 is 0 Å². The number of quaternary nitrogens is 2. The Morgan fingerprint density at radius 1 is 1.12 bits per heavy atom. The minimum Gasteiger partial charge on any atom is -0.353 e. The fraction of sp³-hybridized carbons (Fsp3) is 0.385. The Balaban J connectivity index is 3.62. The van der Waals surface area contributed by atoms with Gasteiger partial charge in [-0.1, -0.05) is 13.2 Å². The van der Waals surface area contributed by atoms with Gasteiger partial charge in [-0.3, -0.25) is 0 Å². The molecule has 0 amide bonds. The summed E-state index contributed by atoms with van der Waals surface area (Å²) in [4.78, 5) is 4.01. The number of hydrogen-bond donors (Lipinski definition) is 2. The number of nitrogens with zero attached hydrogens (tertiary/aromatic N) is 2. The monoisotopic (exact) mass is 238 g/mol. The van der Waals surface area contributed by atoms with E-state index in [1.807, 2.05) is 49.1 Å². The molecule has 0 aliphatic carbocycles. The Hall–Kier alpha value is -1.52. The summed E-state index contributed by atoms with van der Waals surface area (Å²) >= 11 is 0. The molecule has 4 N–H and O–H groups in total. The summed E-state index contributed by atoms with van der Waals surface area (Å²) in [6.07, 6.45) is 12.8. The highest BCUT2D eigenvalue weighted by atomic mass is 15.1. The molecule has 0 saturated heterocycles. The molecule has 4 heteroatoms. The van der Waals surface area contributed by atoms with Crippen LogP contribution in [0.5, 0.6) is 0 Å². The van der Waals surface area contributed by atoms with Crippen molar-refractivity contribution in [3.8, 4) is 0 Å². The molecule has 0 aliphatic heterocycles. The molecule has 0 fully saturated rings. The Bertz CT molecular complexity index is 258. The Kier molecular flexibility index (Phi) is 10.00. The first kappa shape index (κ1) is 15.5. The van der Waals surface area contributed by atoms with Crippen LogP contribution in [0, 0.1) is 0 Å². The van der Waals surface area contributed by atoms with Gasteiger partial charge in [-0.15, -0.1) is 0 Å². The molecule has 0 unspecified atom stereocenters. The summed E-state index contributed by atoms with van der Waals surface area (Å²) in [5, 5.41) is 4.17. The largest absolute Gasteiger partial charge is 0.353 e. The lowest BCUT2D eigenvalue weighted by atomic mass is 10.4. The molecule has 96 valence electrons. The summed E-state index contributed by atoms with van der Waals surface area (Å²) in [7, 11) is 3.97. The topological polar surface area (TPSA) is 39.7 Å². The Morgan fingerprint density at radius 2 is 1.88 bits per heavy atom. The average molecular weight is 238 g/mol. The molecular weight excluding hydrogens is 212 g/mol. The third kappa shape index (κ3) is 9.41. The maximum absolute atomic E-state index is 3.78. The molecule has 0 aromatic carbocycles. The first-order valence-electron chi connectivity index (χ1n) is 5.93. The zero-order chi connectivity index (χ0) is 12.9. The minimum absolute atomic E-state index is 0.996. The predicted molar refractivity (Wildman–Crippen MR) is 72.4 cm³/mol. The van der Waals surface area contributed by atoms with E-state index < -0.39 is 0 Å². The maximum Gasteiger partial charge on any atom is 0.109 e. The highest BCUT2D eigenvalue weighted by Gasteiger charge is 1.94. The van der Waals surface area contributed by atoms with Crippen molar-refractivity contribution in [1.82, 2.24) is 9.80 Å². The van der Waals surface area contributed by atoms with Crippen molar-refractivity contribution in [3.63, 3.8) is 0 Å². The smallest absolute Gasteiger partial charge is 0.109 e. The quantitative estimate of drug-likeness (QED) is 0.508. The van der Waals surface area contributed by atoms with Crippen LogP contribution in [0.25, 0.3) is 0 Å². The predicted octanol–water partition coefficient (Wildman–Crippen LogP) is -0.404. The second kappa shape index (κ2) is 11.0. The van der Waals surface area contributed by atoms with Gasteiger partial charge < -0.3 is 20.4 Å². The van der Waals surface area contributed by atoms with E-state index in [0.717, 1.165) is 19.5 Å². The lowest BCUT2D eigenvalue weighted by Crippen LogP contribution is -2.78. The van der Waals surface area contributed by atoms with Crippen LogP contribution in [0.3, 0.4) is 0 Å². The van der Waals surface area contributed by atoms with E-state index in [1.165, 1.54) is 0 Å². The van der Waals surface area contributed by atoms with Crippen LogP contribution in [0.1, 0.15) is 6.42 Å². The summed E-state index contributed by atoms with van der Waals surface area (Å²) in [5.41, 5.74) is 0. The molecule has 0 saturated carbocycles. The van der Waals surface area contributed by atoms with Gasteiger partial charge in [0.05, 0.1) is 26.0 Å². The molecule has 0 aromatic rings. The van der Waals surface area contributed by atoms with Crippen molar-refractivity contribution < 1.29 is 10.6 Å². The Labute approximate surface area is 105 Å². The van der Waals surface area contributed by atoms with E-state index in [2.05, 4.69) is 29.6 Å². The van der Waals surface area contributed by atoms with E-state index >= 15 is 0 Å². The second-order valence-electron chi connectivity index (χ2n) is 3.66. The number of hydrogen-bond acceptors (Lipinski definition) is 2. The van der Waals surface area contributed by atoms with Crippen molar-refractivity contribution in [2.45, 2.75) is 6.42 Å². The molecule has 0 aromatic heterocycles. The highest BCUT2D eigenvalue weighted by molar-refractivity contribution is 4.82. The first-order valence-corrected chi connectivity index (χ1v) is 5.93. The summed E-state index contributed by atoms with van der Waals surface area (Å²) in [6.45, 7) is 9.51. The van der Waals surface area contributed by atoms with Gasteiger partial charge in [-0.25, -0.2) is 0 Å². The van der Waals surface area contributed by atoms with Crippen LogP contribution < -0.4 is 10.6 Å². The van der Waals surface area contributed by atoms with Crippen LogP contribution in [0.15, 0.2) is 50.4 Å². The summed E-state index contributed by atoms with van der Waals surface area (Å²) < 4.78 is 0. The first-order chi connectivity index (χ1) is 8.24. The van der Waals surface area contributed by atoms with Crippen LogP contribution in [0.2, 0.25) is 0 Å². The number of nitrogens with two attached hydrogens (primary N) is 2. The molecule has 0 radical (unpaired) electrons. The van der Waals surface area contributed by atoms with Gasteiger partial charge in [0.1, 0.15) is 12.4 Å². The fourth-order valence-corrected chi connectivity index (χ4v) is 1.17. The molecule has 0 heterocycles. The second-order valence-corrected chi connectivity index (χ2v) is 3.66. The van der Waals surface area contributed by atoms with Crippen molar-refractivity contribution in [1.29, 1.82) is 0 Å². The van der Waals surface area contributed by atoms with E-state index in [1.54, 1.807) is 6.20 Å². The highest BCUT2D eigenvalue weighted by Crippen LogP contribution is 1.90. The van der Waals surface area contributed by atoms with Crippen LogP contribution in [-0.4, -0.2) is 37.0 Å². The van der Waals surface area contributed by atoms with Gasteiger partial charge in [0.2, 0.25) is 0 Å². The number of rotatable bonds is 10. The zero-order valence-electron chi connectivity index (χ0n) is 11.0. The van der Waals surface area contributed by atoms with E-state index in [4.69, 9.17) is 0 Å². The lowest BCUT2D eigenvalue weighted by molar-refractivity contribution is -0.588. The van der Waals surface area contributed by atoms with Crippen LogP contribution in [-0.2, 0) is 0 Å². The van der Waals surface area contributed by atoms with Crippen molar-refractivity contribution in [2.75, 3.05) is 27.2 Å². The van der Waals surface area contributed by atoms with Gasteiger partial charge in [-0.2, -0.15) is 0 Å². The van der Waals surface area contributed by atoms with Crippen molar-refractivity contribution in [2.24, 2.45) is 0 Å². The van der Waals surface area contributed by atoms with E-state index in [0.29, 0.717) is 0 Å². The fourth-order valence-electron chi connectivity index (χ4n) is 1.17. The van der Waals surface area contributed by atoms with Gasteiger partial charge >= 0.3 is 0 Å². The molecule has 0 aliphatic rings. The van der Waals surface area contributed by atoms with E-state index in [9.17, 15) is 0 Å². The lowest BCUT2D eigenvalue weighted by Gasteiger charge is -2.12. The molecule has 4 nitrogen and oxygen atoms in total. The van der Waals surface area contributed by atoms with Gasteiger partial charge in [0.15, 0.2) is 0 Å². The SMILES string of the molecule is C=CN(C)/C=C\[NH2+]CCCN(C=C)/C=C\[NH2+]C. The van der Waals surface area contributed by atoms with Crippen molar-refractivity contribution in [3.05, 3.63) is 50.4 Å². The van der Waals surface area contributed by atoms with Gasteiger partial charge in [0.25, 0.3) is 0 Å². The molecule has 0 atom stereocenters. The normalized spacial score (nSPS) is 10.9. The molecule has 0 spiro atoms. The minimum atomic E-state index is 0.996. The molecule has 0 rings (SSSR count). The summed E-state index contributed by atoms with van der Waals surface area (Å²) in [6, 6.07) is 0. The standard InChI is InChI=1S/C13H24N4/c1-5-16(4)12-10-15-8-7-11-17(6-2)13-9-14-3/h5-6,9-10,12-15H,1-2,7-8,11H2,3-4H3/p+2/b12-10-,13-9-. The summed E-state index contributed by atoms with van der Waals surface area (Å²) in [5.74, 6) is 0. The Morgan fingerprint density at radius 3 is 2.47 bits per heavy atom. The third-order valence-corrected chi connectivity index (χ3v) is 2.24. The van der Waals surface area contributed by atoms with Gasteiger partial charge in [-0.05, 0) is 12.4 Å². The molecule has 0 bridgehead atoms. The van der Waals surface area contributed by atoms with Crippen LogP contribution >= 0.6 is 0 Å². The van der Waals surface area contributed by atoms with E-state index in [-0.39, 0.29) is 0 Å². The molecule has 17 heavy (non-hydrogen) atoms. The molecular formula is C13H26N4+2. The average Bonchev–Trinajstić information content (AvgIpc) is 2.36. The zero-order valence-corrected chi connectivity index (χ0v) is 11.0.